The molecule has 5 aromatic rings. The Hall–Kier alpha value is -2.79. The van der Waals surface area contributed by atoms with Crippen LogP contribution in [0.4, 0.5) is 0 Å². The second kappa shape index (κ2) is 10.1. The number of hydrogen-bond donors (Lipinski definition) is 0. The molecule has 2 aromatic carbocycles. The fourth-order valence-electron chi connectivity index (χ4n) is 3.80. The van der Waals surface area contributed by atoms with Crippen LogP contribution in [0.2, 0.25) is 0 Å². The van der Waals surface area contributed by atoms with Gasteiger partial charge < -0.3 is 4.74 Å². The van der Waals surface area contributed by atoms with Crippen LogP contribution in [-0.4, -0.2) is 25.7 Å². The molecule has 3 heterocycles. The molecule has 10 heteroatoms. The van der Waals surface area contributed by atoms with Crippen LogP contribution in [0.1, 0.15) is 23.2 Å². The second-order valence-corrected chi connectivity index (χ2v) is 11.4. The van der Waals surface area contributed by atoms with E-state index >= 15 is 0 Å². The average molecular weight is 539 g/mol. The molecule has 0 fully saturated rings. The van der Waals surface area contributed by atoms with Crippen molar-refractivity contribution >= 4 is 57.0 Å². The normalized spacial score (nSPS) is 11.3. The molecule has 0 radical (unpaired) electrons. The molecule has 0 saturated carbocycles. The quantitative estimate of drug-likeness (QED) is 0.130. The van der Waals surface area contributed by atoms with Gasteiger partial charge in [0.15, 0.2) is 14.8 Å². The van der Waals surface area contributed by atoms with E-state index in [0.717, 1.165) is 27.6 Å². The molecule has 6 nitrogen and oxygen atoms in total. The predicted molar refractivity (Wildman–Crippen MR) is 148 cm³/mol. The van der Waals surface area contributed by atoms with Crippen LogP contribution < -0.4 is 10.3 Å². The maximum Gasteiger partial charge on any atom is 0.278 e. The van der Waals surface area contributed by atoms with Gasteiger partial charge >= 0.3 is 0 Å². The number of fused-ring (bicyclic) bond motifs is 1. The first-order valence-corrected chi connectivity index (χ1v) is 14.1. The molecule has 0 bridgehead atoms. The zero-order chi connectivity index (χ0) is 24.5. The lowest BCUT2D eigenvalue weighted by Gasteiger charge is -2.15. The minimum absolute atomic E-state index is 0.134. The van der Waals surface area contributed by atoms with E-state index in [1.54, 1.807) is 15.9 Å². The average Bonchev–Trinajstić information content (AvgIpc) is 3.41. The molecule has 178 valence electrons. The first-order chi connectivity index (χ1) is 17.0. The number of aryl methyl sites for hydroxylation is 2. The number of hydrogen-bond acceptors (Lipinski definition) is 8. The first-order valence-electron chi connectivity index (χ1n) is 11.0. The summed E-state index contributed by atoms with van der Waals surface area (Å²) in [6.07, 6.45) is 0. The highest BCUT2D eigenvalue weighted by Crippen LogP contribution is 2.32. The molecular weight excluding hydrogens is 517 g/mol. The molecule has 0 unspecified atom stereocenters. The fraction of sp³-hybridized carbons (Fsp3) is 0.200. The van der Waals surface area contributed by atoms with Crippen molar-refractivity contribution in [2.24, 2.45) is 0 Å². The van der Waals surface area contributed by atoms with Crippen LogP contribution >= 0.6 is 46.7 Å². The van der Waals surface area contributed by atoms with Crippen molar-refractivity contribution in [1.29, 1.82) is 0 Å². The second-order valence-electron chi connectivity index (χ2n) is 7.72. The van der Waals surface area contributed by atoms with Crippen molar-refractivity contribution in [2.45, 2.75) is 31.7 Å². The monoisotopic (exact) mass is 538 g/mol. The fourth-order valence-corrected chi connectivity index (χ4v) is 6.70. The number of para-hydroxylation sites is 3. The highest BCUT2D eigenvalue weighted by Gasteiger charge is 2.21. The predicted octanol–water partition coefficient (Wildman–Crippen LogP) is 6.73. The number of thioether (sulfide) groups is 1. The summed E-state index contributed by atoms with van der Waals surface area (Å²) in [5.41, 5.74) is 3.95. The van der Waals surface area contributed by atoms with Gasteiger partial charge in [-0.1, -0.05) is 53.4 Å². The van der Waals surface area contributed by atoms with Crippen LogP contribution in [0.5, 0.6) is 5.75 Å². The van der Waals surface area contributed by atoms with Gasteiger partial charge in [-0.2, -0.15) is 0 Å². The van der Waals surface area contributed by atoms with Crippen LogP contribution in [-0.2, 0) is 5.75 Å². The lowest BCUT2D eigenvalue weighted by Crippen LogP contribution is -2.22. The SMILES string of the molecule is CCOc1ccccc1-n1c(=S)sc2c(=O)n(-c3ccccc3C)c(SCc3csc(C)n3)nc21. The molecule has 0 spiro atoms. The molecule has 0 amide bonds. The van der Waals surface area contributed by atoms with E-state index in [9.17, 15) is 4.79 Å². The van der Waals surface area contributed by atoms with Crippen molar-refractivity contribution in [3.8, 4) is 17.1 Å². The van der Waals surface area contributed by atoms with Crippen molar-refractivity contribution in [1.82, 2.24) is 19.1 Å². The van der Waals surface area contributed by atoms with Gasteiger partial charge in [0, 0.05) is 11.1 Å². The zero-order valence-electron chi connectivity index (χ0n) is 19.3. The van der Waals surface area contributed by atoms with Crippen LogP contribution in [0.3, 0.4) is 0 Å². The van der Waals surface area contributed by atoms with Gasteiger partial charge in [-0.3, -0.25) is 13.9 Å². The lowest BCUT2D eigenvalue weighted by molar-refractivity contribution is 0.339. The Bertz CT molecular complexity index is 1650. The lowest BCUT2D eigenvalue weighted by atomic mass is 10.2. The van der Waals surface area contributed by atoms with Gasteiger partial charge in [0.1, 0.15) is 10.4 Å². The molecule has 0 N–H and O–H groups in total. The van der Waals surface area contributed by atoms with E-state index in [1.807, 2.05) is 79.2 Å². The summed E-state index contributed by atoms with van der Waals surface area (Å²) in [7, 11) is 0. The van der Waals surface area contributed by atoms with Crippen molar-refractivity contribution in [2.75, 3.05) is 6.61 Å². The highest BCUT2D eigenvalue weighted by atomic mass is 32.2. The maximum atomic E-state index is 13.9. The van der Waals surface area contributed by atoms with E-state index in [0.29, 0.717) is 37.6 Å². The summed E-state index contributed by atoms with van der Waals surface area (Å²) in [4.78, 5) is 23.5. The van der Waals surface area contributed by atoms with Gasteiger partial charge in [0.05, 0.1) is 28.7 Å². The first kappa shape index (κ1) is 23.9. The number of thiazole rings is 2. The number of aromatic nitrogens is 4. The van der Waals surface area contributed by atoms with Crippen LogP contribution in [0.25, 0.3) is 21.7 Å². The Balaban J connectivity index is 1.76. The van der Waals surface area contributed by atoms with Gasteiger partial charge in [0.2, 0.25) is 0 Å². The standard InChI is InChI=1S/C25H22N4O2S4/c1-4-31-20-12-8-7-11-19(20)28-22-21(35-25(28)32)23(30)29(18-10-6-5-9-15(18)2)24(27-22)34-14-17-13-33-16(3)26-17/h5-13H,4,14H2,1-3H3. The Kier molecular flexibility index (Phi) is 6.88. The Morgan fingerprint density at radius 2 is 1.77 bits per heavy atom. The van der Waals surface area contributed by atoms with Crippen LogP contribution in [0.15, 0.2) is 63.9 Å². The third-order valence-electron chi connectivity index (χ3n) is 5.36. The molecule has 0 aliphatic heterocycles. The maximum absolute atomic E-state index is 13.9. The van der Waals surface area contributed by atoms with Gasteiger partial charge in [-0.15, -0.1) is 11.3 Å². The van der Waals surface area contributed by atoms with Gasteiger partial charge in [-0.05, 0) is 56.8 Å². The molecule has 0 aliphatic carbocycles. The summed E-state index contributed by atoms with van der Waals surface area (Å²) in [6.45, 7) is 6.45. The van der Waals surface area contributed by atoms with Gasteiger partial charge in [-0.25, -0.2) is 9.97 Å². The summed E-state index contributed by atoms with van der Waals surface area (Å²) in [6, 6.07) is 15.5. The Morgan fingerprint density at radius 1 is 1.03 bits per heavy atom. The summed E-state index contributed by atoms with van der Waals surface area (Å²) >= 11 is 10.1. The molecular formula is C25H22N4O2S4. The number of ether oxygens (including phenoxy) is 1. The summed E-state index contributed by atoms with van der Waals surface area (Å²) < 4.78 is 10.5. The van der Waals surface area contributed by atoms with Gasteiger partial charge in [0.25, 0.3) is 5.56 Å². The van der Waals surface area contributed by atoms with Crippen molar-refractivity contribution in [3.63, 3.8) is 0 Å². The van der Waals surface area contributed by atoms with E-state index in [2.05, 4.69) is 4.98 Å². The smallest absolute Gasteiger partial charge is 0.278 e. The summed E-state index contributed by atoms with van der Waals surface area (Å²) in [5.74, 6) is 1.30. The molecule has 0 saturated heterocycles. The zero-order valence-corrected chi connectivity index (χ0v) is 22.6. The molecule has 3 aromatic heterocycles. The van der Waals surface area contributed by atoms with E-state index in [1.165, 1.54) is 23.1 Å². The number of rotatable bonds is 7. The van der Waals surface area contributed by atoms with E-state index < -0.39 is 0 Å². The van der Waals surface area contributed by atoms with E-state index in [-0.39, 0.29) is 5.56 Å². The Morgan fingerprint density at radius 3 is 2.49 bits per heavy atom. The minimum atomic E-state index is -0.134. The topological polar surface area (TPSA) is 61.9 Å². The third-order valence-corrected chi connectivity index (χ3v) is 8.50. The van der Waals surface area contributed by atoms with E-state index in [4.69, 9.17) is 21.9 Å². The number of benzene rings is 2. The largest absolute Gasteiger partial charge is 0.492 e. The minimum Gasteiger partial charge on any atom is -0.492 e. The summed E-state index contributed by atoms with van der Waals surface area (Å²) in [5, 5.41) is 3.65. The van der Waals surface area contributed by atoms with Crippen molar-refractivity contribution < 1.29 is 4.74 Å². The number of nitrogens with zero attached hydrogens (tertiary/aromatic N) is 4. The molecule has 0 atom stereocenters. The van der Waals surface area contributed by atoms with Crippen molar-refractivity contribution in [3.05, 3.63) is 84.5 Å². The highest BCUT2D eigenvalue weighted by molar-refractivity contribution is 7.98. The molecule has 35 heavy (non-hydrogen) atoms. The molecule has 5 rings (SSSR count). The Labute approximate surface area is 219 Å². The molecule has 0 aliphatic rings. The third kappa shape index (κ3) is 4.58. The van der Waals surface area contributed by atoms with Crippen LogP contribution in [0, 0.1) is 17.8 Å².